The van der Waals surface area contributed by atoms with Crippen LogP contribution in [0.2, 0.25) is 0 Å². The number of nitrogens with one attached hydrogen (secondary N) is 1. The molecule has 0 radical (unpaired) electrons. The smallest absolute Gasteiger partial charge is 0.154 e. The van der Waals surface area contributed by atoms with Crippen LogP contribution in [0.25, 0.3) is 11.0 Å². The fourth-order valence-corrected chi connectivity index (χ4v) is 3.16. The van der Waals surface area contributed by atoms with Gasteiger partial charge in [0.05, 0.1) is 17.9 Å². The topological polar surface area (TPSA) is 95.2 Å². The lowest BCUT2D eigenvalue weighted by Gasteiger charge is -2.16. The third kappa shape index (κ3) is 8.11. The molecule has 0 fully saturated rings. The maximum Gasteiger partial charge on any atom is 0.154 e. The van der Waals surface area contributed by atoms with Gasteiger partial charge in [0.15, 0.2) is 5.82 Å². The minimum Gasteiger partial charge on any atom is -0.496 e. The highest BCUT2D eigenvalue weighted by atomic mass is 16.5. The molecular weight excluding hydrogens is 390 g/mol. The van der Waals surface area contributed by atoms with Gasteiger partial charge in [0.1, 0.15) is 12.1 Å². The van der Waals surface area contributed by atoms with Crippen molar-refractivity contribution in [3.63, 3.8) is 0 Å². The molecule has 7 nitrogen and oxygen atoms in total. The molecule has 0 saturated heterocycles. The van der Waals surface area contributed by atoms with Gasteiger partial charge in [0.2, 0.25) is 0 Å². The highest BCUT2D eigenvalue weighted by Gasteiger charge is 2.11. The molecule has 1 unspecified atom stereocenters. The van der Waals surface area contributed by atoms with Crippen molar-refractivity contribution in [3.05, 3.63) is 60.3 Å². The van der Waals surface area contributed by atoms with E-state index in [0.29, 0.717) is 32.1 Å². The van der Waals surface area contributed by atoms with E-state index in [1.54, 1.807) is 19.5 Å². The first kappa shape index (κ1) is 24.5. The fourth-order valence-electron chi connectivity index (χ4n) is 3.16. The van der Waals surface area contributed by atoms with Crippen LogP contribution < -0.4 is 11.1 Å². The zero-order valence-electron chi connectivity index (χ0n) is 18.9. The molecule has 31 heavy (non-hydrogen) atoms. The number of rotatable bonds is 14. The van der Waals surface area contributed by atoms with E-state index in [2.05, 4.69) is 28.8 Å². The summed E-state index contributed by atoms with van der Waals surface area (Å²) in [6.45, 7) is 10.5. The number of hydrogen-bond acceptors (Lipinski definition) is 7. The highest BCUT2D eigenvalue weighted by Crippen LogP contribution is 2.21. The Hall–Kier alpha value is -2.77. The number of fused-ring (bicyclic) bond motifs is 1. The van der Waals surface area contributed by atoms with E-state index in [1.807, 2.05) is 31.2 Å². The number of ether oxygens (including phenoxy) is 2. The Balaban J connectivity index is 2.21. The first-order chi connectivity index (χ1) is 15.1. The Labute approximate surface area is 185 Å². The monoisotopic (exact) mass is 425 g/mol. The first-order valence-corrected chi connectivity index (χ1v) is 10.8. The molecule has 168 valence electrons. The van der Waals surface area contributed by atoms with Crippen LogP contribution in [0, 0.1) is 5.92 Å². The Morgan fingerprint density at radius 3 is 2.77 bits per heavy atom. The van der Waals surface area contributed by atoms with Gasteiger partial charge in [0.25, 0.3) is 0 Å². The molecule has 0 aliphatic rings. The molecule has 1 atom stereocenters. The summed E-state index contributed by atoms with van der Waals surface area (Å²) in [6.07, 6.45) is 12.0. The molecule has 0 amide bonds. The maximum absolute atomic E-state index is 5.92. The van der Waals surface area contributed by atoms with Gasteiger partial charge in [0, 0.05) is 38.2 Å². The number of pyridine rings is 1. The summed E-state index contributed by atoms with van der Waals surface area (Å²) in [5.41, 5.74) is 9.42. The van der Waals surface area contributed by atoms with Crippen LogP contribution in [0.1, 0.15) is 32.4 Å². The van der Waals surface area contributed by atoms with Gasteiger partial charge in [-0.1, -0.05) is 32.1 Å². The van der Waals surface area contributed by atoms with Crippen LogP contribution in [0.15, 0.2) is 54.6 Å². The van der Waals surface area contributed by atoms with Crippen LogP contribution in [-0.4, -0.2) is 48.4 Å². The summed E-state index contributed by atoms with van der Waals surface area (Å²) in [4.78, 5) is 13.8. The Bertz CT molecular complexity index is 895. The van der Waals surface area contributed by atoms with Gasteiger partial charge in [-0.25, -0.2) is 9.97 Å². The summed E-state index contributed by atoms with van der Waals surface area (Å²) in [5, 5.41) is 3.45. The van der Waals surface area contributed by atoms with Crippen LogP contribution in [0.4, 0.5) is 5.82 Å². The molecule has 0 aromatic carbocycles. The Kier molecular flexibility index (Phi) is 10.7. The van der Waals surface area contributed by atoms with Crippen molar-refractivity contribution in [2.45, 2.75) is 33.1 Å². The van der Waals surface area contributed by atoms with Crippen LogP contribution >= 0.6 is 0 Å². The highest BCUT2D eigenvalue weighted by molar-refractivity contribution is 5.85. The van der Waals surface area contributed by atoms with Gasteiger partial charge in [-0.15, -0.1) is 0 Å². The Morgan fingerprint density at radius 2 is 2.06 bits per heavy atom. The number of anilines is 1. The molecule has 3 N–H and O–H groups in total. The molecule has 0 spiro atoms. The molecule has 7 heteroatoms. The van der Waals surface area contributed by atoms with E-state index < -0.39 is 0 Å². The minimum atomic E-state index is 0.400. The molecule has 0 saturated carbocycles. The first-order valence-electron chi connectivity index (χ1n) is 10.8. The van der Waals surface area contributed by atoms with Crippen molar-refractivity contribution in [2.75, 3.05) is 38.7 Å². The molecule has 0 aliphatic carbocycles. The second-order valence-electron chi connectivity index (χ2n) is 7.40. The van der Waals surface area contributed by atoms with E-state index in [9.17, 15) is 0 Å². The number of methoxy groups -OCH3 is 1. The summed E-state index contributed by atoms with van der Waals surface area (Å²) < 4.78 is 10.6. The third-order valence-corrected chi connectivity index (χ3v) is 4.89. The summed E-state index contributed by atoms with van der Waals surface area (Å²) in [5.74, 6) is 1.96. The largest absolute Gasteiger partial charge is 0.496 e. The van der Waals surface area contributed by atoms with E-state index in [4.69, 9.17) is 20.2 Å². The van der Waals surface area contributed by atoms with Crippen LogP contribution in [0.3, 0.4) is 0 Å². The molecule has 2 aromatic rings. The van der Waals surface area contributed by atoms with Crippen LogP contribution in [-0.2, 0) is 15.9 Å². The molecule has 2 rings (SSSR count). The zero-order valence-corrected chi connectivity index (χ0v) is 18.9. The lowest BCUT2D eigenvalue weighted by atomic mass is 10.0. The van der Waals surface area contributed by atoms with Crippen molar-refractivity contribution in [1.29, 1.82) is 0 Å². The maximum atomic E-state index is 5.92. The standard InChI is InChI=1S/C24H35N5O2/c1-5-7-20(16-25)17-28-24-23-22(26-10-11-27-23)15-21(29-24)14-19(6-2)9-8-18(3)31-13-12-30-4/h6,8-11,15,20H,2,5,7,12-14,16-17,25H2,1,3-4H3,(H,28,29)/b18-8+,19-9+. The quantitative estimate of drug-likeness (QED) is 0.268. The van der Waals surface area contributed by atoms with Crippen molar-refractivity contribution >= 4 is 16.9 Å². The Morgan fingerprint density at radius 1 is 1.26 bits per heavy atom. The average Bonchev–Trinajstić information content (AvgIpc) is 2.79. The van der Waals surface area contributed by atoms with E-state index in [1.165, 1.54) is 0 Å². The zero-order chi connectivity index (χ0) is 22.5. The second-order valence-corrected chi connectivity index (χ2v) is 7.40. The van der Waals surface area contributed by atoms with Gasteiger partial charge >= 0.3 is 0 Å². The van der Waals surface area contributed by atoms with Crippen LogP contribution in [0.5, 0.6) is 0 Å². The molecule has 2 aromatic heterocycles. The summed E-state index contributed by atoms with van der Waals surface area (Å²) in [7, 11) is 1.65. The molecular formula is C24H35N5O2. The van der Waals surface area contributed by atoms with E-state index in [0.717, 1.165) is 53.3 Å². The SMILES string of the molecule is C=C/C(=C\C=C(/C)OCCOC)Cc1cc2nccnc2c(NCC(CN)CCC)n1. The molecule has 0 aliphatic heterocycles. The molecule has 0 bridgehead atoms. The van der Waals surface area contributed by atoms with Gasteiger partial charge < -0.3 is 20.5 Å². The third-order valence-electron chi connectivity index (χ3n) is 4.89. The van der Waals surface area contributed by atoms with Gasteiger partial charge in [-0.3, -0.25) is 4.98 Å². The predicted molar refractivity (Wildman–Crippen MR) is 127 cm³/mol. The number of aromatic nitrogens is 3. The fraction of sp³-hybridized carbons (Fsp3) is 0.458. The van der Waals surface area contributed by atoms with Crippen molar-refractivity contribution in [3.8, 4) is 0 Å². The number of hydrogen-bond donors (Lipinski definition) is 2. The van der Waals surface area contributed by atoms with E-state index in [-0.39, 0.29) is 0 Å². The van der Waals surface area contributed by atoms with Crippen molar-refractivity contribution < 1.29 is 9.47 Å². The lowest BCUT2D eigenvalue weighted by Crippen LogP contribution is -2.23. The number of allylic oxidation sites excluding steroid dienone is 5. The normalized spacial score (nSPS) is 13.3. The van der Waals surface area contributed by atoms with Gasteiger partial charge in [-0.2, -0.15) is 0 Å². The number of nitrogens with zero attached hydrogens (tertiary/aromatic N) is 3. The minimum absolute atomic E-state index is 0.400. The predicted octanol–water partition coefficient (Wildman–Crippen LogP) is 4.03. The van der Waals surface area contributed by atoms with Crippen molar-refractivity contribution in [2.24, 2.45) is 11.7 Å². The summed E-state index contributed by atoms with van der Waals surface area (Å²) in [6, 6.07) is 1.98. The average molecular weight is 426 g/mol. The number of nitrogens with two attached hydrogens (primary N) is 1. The van der Waals surface area contributed by atoms with Gasteiger partial charge in [-0.05, 0) is 43.5 Å². The molecule has 2 heterocycles. The van der Waals surface area contributed by atoms with E-state index >= 15 is 0 Å². The van der Waals surface area contributed by atoms with Crippen molar-refractivity contribution in [1.82, 2.24) is 15.0 Å². The summed E-state index contributed by atoms with van der Waals surface area (Å²) >= 11 is 0. The lowest BCUT2D eigenvalue weighted by molar-refractivity contribution is 0.110. The second kappa shape index (κ2) is 13.5.